The Bertz CT molecular complexity index is 822. The molecule has 4 rings (SSSR count). The third-order valence-corrected chi connectivity index (χ3v) is 7.78. The van der Waals surface area contributed by atoms with Gasteiger partial charge >= 0.3 is 0 Å². The van der Waals surface area contributed by atoms with Crippen molar-refractivity contribution in [2.24, 2.45) is 5.92 Å². The molecule has 6 N–H and O–H groups in total. The van der Waals surface area contributed by atoms with Crippen LogP contribution >= 0.6 is 10.6 Å². The molecule has 1 aromatic rings. The molecule has 9 heteroatoms. The number of hydrogen-bond donors (Lipinski definition) is 6. The van der Waals surface area contributed by atoms with Gasteiger partial charge in [0, 0.05) is 12.8 Å². The summed E-state index contributed by atoms with van der Waals surface area (Å²) < 4.78 is 19.1. The topological polar surface area (TPSA) is 133 Å². The Balaban J connectivity index is 0.000000188. The smallest absolute Gasteiger partial charge is 0.274 e. The number of carboxylic acids is 1. The zero-order valence-corrected chi connectivity index (χ0v) is 19.4. The van der Waals surface area contributed by atoms with E-state index in [-0.39, 0.29) is 0 Å². The average Bonchev–Trinajstić information content (AvgIpc) is 2.80. The summed E-state index contributed by atoms with van der Waals surface area (Å²) in [6.45, 7) is 6.28. The second-order valence-corrected chi connectivity index (χ2v) is 10.8. The Labute approximate surface area is 191 Å². The number of amidine groups is 2. The molecule has 0 saturated heterocycles. The molecule has 8 nitrogen and oxygen atoms in total. The number of aliphatic carboxylic acids is 1. The summed E-state index contributed by atoms with van der Waals surface area (Å²) in [5, 5.41) is 16.7. The Morgan fingerprint density at radius 2 is 1.53 bits per heavy atom. The first kappa shape index (κ1) is 24.3. The number of rotatable bonds is 5. The van der Waals surface area contributed by atoms with Gasteiger partial charge in [0.2, 0.25) is 0 Å². The zero-order chi connectivity index (χ0) is 23.0. The van der Waals surface area contributed by atoms with E-state index in [4.69, 9.17) is 0 Å². The quantitative estimate of drug-likeness (QED) is 0.285. The SMILES string of the molecule is CC1C=CC(S(O)(O)CC(=O)[O-])CC1.c1cc(C2=[NH+]CCCN2)ccc1C1=[NH+]CCCN1. The molecule has 0 bridgehead atoms. The number of hydrogen-bond acceptors (Lipinski definition) is 6. The van der Waals surface area contributed by atoms with Crippen LogP contribution in [-0.2, 0) is 4.79 Å². The lowest BCUT2D eigenvalue weighted by molar-refractivity contribution is -0.464. The largest absolute Gasteiger partial charge is 0.548 e. The average molecular weight is 464 g/mol. The van der Waals surface area contributed by atoms with Crippen molar-refractivity contribution < 1.29 is 29.0 Å². The molecular weight excluding hydrogens is 428 g/mol. The zero-order valence-electron chi connectivity index (χ0n) is 18.6. The normalized spacial score (nSPS) is 23.5. The first-order chi connectivity index (χ1) is 15.3. The van der Waals surface area contributed by atoms with E-state index in [9.17, 15) is 19.0 Å². The van der Waals surface area contributed by atoms with Crippen LogP contribution in [0, 0.1) is 5.92 Å². The lowest BCUT2D eigenvalue weighted by Crippen LogP contribution is -2.79. The molecule has 1 aliphatic carbocycles. The van der Waals surface area contributed by atoms with Crippen molar-refractivity contribution in [3.8, 4) is 0 Å². The van der Waals surface area contributed by atoms with Crippen LogP contribution in [0.1, 0.15) is 43.7 Å². The summed E-state index contributed by atoms with van der Waals surface area (Å²) in [5.41, 5.74) is 2.46. The van der Waals surface area contributed by atoms with E-state index in [1.54, 1.807) is 6.08 Å². The van der Waals surface area contributed by atoms with Crippen LogP contribution in [0.15, 0.2) is 36.4 Å². The molecule has 2 heterocycles. The molecule has 0 radical (unpaired) electrons. The summed E-state index contributed by atoms with van der Waals surface area (Å²) in [6.07, 6.45) is 7.49. The van der Waals surface area contributed by atoms with E-state index < -0.39 is 27.6 Å². The maximum absolute atomic E-state index is 10.3. The van der Waals surface area contributed by atoms with Crippen LogP contribution in [0.4, 0.5) is 0 Å². The van der Waals surface area contributed by atoms with Gasteiger partial charge in [0.1, 0.15) is 0 Å². The predicted octanol–water partition coefficient (Wildman–Crippen LogP) is -1.83. The molecule has 2 aliphatic heterocycles. The summed E-state index contributed by atoms with van der Waals surface area (Å²) in [6, 6.07) is 8.67. The second-order valence-electron chi connectivity index (χ2n) is 8.45. The molecule has 32 heavy (non-hydrogen) atoms. The van der Waals surface area contributed by atoms with Gasteiger partial charge in [-0.2, -0.15) is 10.6 Å². The van der Waals surface area contributed by atoms with Gasteiger partial charge in [0.15, 0.2) is 0 Å². The molecular formula is C23H35N4O4S+. The van der Waals surface area contributed by atoms with Crippen molar-refractivity contribution in [3.05, 3.63) is 47.5 Å². The molecule has 0 saturated carbocycles. The van der Waals surface area contributed by atoms with Crippen molar-refractivity contribution >= 4 is 28.2 Å². The highest BCUT2D eigenvalue weighted by molar-refractivity contribution is 8.25. The first-order valence-corrected chi connectivity index (χ1v) is 13.1. The summed E-state index contributed by atoms with van der Waals surface area (Å²) in [7, 11) is -3.05. The lowest BCUT2D eigenvalue weighted by Gasteiger charge is -2.40. The van der Waals surface area contributed by atoms with Crippen molar-refractivity contribution in [1.82, 2.24) is 10.6 Å². The predicted molar refractivity (Wildman–Crippen MR) is 126 cm³/mol. The molecule has 1 aromatic carbocycles. The maximum atomic E-state index is 10.3. The molecule has 0 fully saturated rings. The van der Waals surface area contributed by atoms with Gasteiger partial charge in [-0.3, -0.25) is 29.7 Å². The molecule has 2 unspecified atom stereocenters. The van der Waals surface area contributed by atoms with Crippen LogP contribution in [0.2, 0.25) is 0 Å². The van der Waals surface area contributed by atoms with E-state index in [1.807, 2.05) is 13.0 Å². The van der Waals surface area contributed by atoms with Gasteiger partial charge in [-0.25, -0.2) is 0 Å². The van der Waals surface area contributed by atoms with Crippen molar-refractivity contribution in [3.63, 3.8) is 0 Å². The summed E-state index contributed by atoms with van der Waals surface area (Å²) >= 11 is 0. The van der Waals surface area contributed by atoms with Crippen LogP contribution in [0.3, 0.4) is 0 Å². The van der Waals surface area contributed by atoms with Crippen LogP contribution in [0.25, 0.3) is 0 Å². The Morgan fingerprint density at radius 1 is 1.00 bits per heavy atom. The van der Waals surface area contributed by atoms with Gasteiger partial charge in [-0.15, -0.1) is 0 Å². The Hall–Kier alpha value is -2.36. The van der Waals surface area contributed by atoms with E-state index in [1.165, 1.54) is 24.0 Å². The molecule has 3 aliphatic rings. The minimum Gasteiger partial charge on any atom is -0.548 e. The Kier molecular flexibility index (Phi) is 8.72. The van der Waals surface area contributed by atoms with Crippen molar-refractivity contribution in [2.45, 2.75) is 37.9 Å². The molecule has 0 spiro atoms. The van der Waals surface area contributed by atoms with Gasteiger partial charge in [0.05, 0.1) is 54.3 Å². The lowest BCUT2D eigenvalue weighted by atomic mass is 9.98. The van der Waals surface area contributed by atoms with E-state index in [2.05, 4.69) is 44.9 Å². The van der Waals surface area contributed by atoms with Gasteiger partial charge in [0.25, 0.3) is 11.7 Å². The number of carbonyl (C=O) groups is 1. The number of benzene rings is 1. The third-order valence-electron chi connectivity index (χ3n) is 5.75. The monoisotopic (exact) mass is 463 g/mol. The van der Waals surface area contributed by atoms with Crippen LogP contribution in [-0.4, -0.2) is 63.9 Å². The summed E-state index contributed by atoms with van der Waals surface area (Å²) in [5.74, 6) is 0.683. The fraction of sp³-hybridized carbons (Fsp3) is 0.522. The molecule has 0 amide bonds. The fourth-order valence-electron chi connectivity index (χ4n) is 3.90. The highest BCUT2D eigenvalue weighted by Crippen LogP contribution is 2.48. The van der Waals surface area contributed by atoms with Gasteiger partial charge in [-0.1, -0.05) is 19.1 Å². The highest BCUT2D eigenvalue weighted by Gasteiger charge is 2.26. The highest BCUT2D eigenvalue weighted by atomic mass is 32.3. The maximum Gasteiger partial charge on any atom is 0.274 e. The van der Waals surface area contributed by atoms with Crippen LogP contribution in [0.5, 0.6) is 0 Å². The molecule has 176 valence electrons. The minimum absolute atomic E-state index is 0.420. The van der Waals surface area contributed by atoms with E-state index in [0.29, 0.717) is 12.3 Å². The number of carbonyl (C=O) groups excluding carboxylic acids is 1. The van der Waals surface area contributed by atoms with Crippen molar-refractivity contribution in [1.29, 1.82) is 0 Å². The van der Waals surface area contributed by atoms with E-state index >= 15 is 0 Å². The number of carboxylic acid groups (broad SMARTS) is 1. The molecule has 2 atom stereocenters. The third kappa shape index (κ3) is 7.08. The number of allylic oxidation sites excluding steroid dienone is 1. The van der Waals surface area contributed by atoms with Gasteiger partial charge < -0.3 is 9.90 Å². The standard InChI is InChI=1S/C14H18N4.C9H16O4S/c1-7-15-13(16-8-1)11-3-5-12(6-4-11)14-17-9-2-10-18-14;1-7-2-4-8(5-3-7)14(12,13)6-9(10)11/h3-6H,1-2,7-10H2,(H,15,16)(H,17,18);2,4,7-8,12-13H,3,5-6H2,1H3,(H,10,11)/p+1. The Morgan fingerprint density at radius 3 is 1.91 bits per heavy atom. The van der Waals surface area contributed by atoms with Crippen LogP contribution < -0.4 is 25.7 Å². The molecule has 0 aromatic heterocycles. The van der Waals surface area contributed by atoms with E-state index in [0.717, 1.165) is 44.3 Å². The summed E-state index contributed by atoms with van der Waals surface area (Å²) in [4.78, 5) is 17.1. The first-order valence-electron chi connectivity index (χ1n) is 11.3. The fourth-order valence-corrected chi connectivity index (χ4v) is 5.31. The second kappa shape index (κ2) is 11.5. The number of nitrogens with one attached hydrogen (secondary N) is 4. The van der Waals surface area contributed by atoms with Crippen molar-refractivity contribution in [2.75, 3.05) is 31.9 Å². The van der Waals surface area contributed by atoms with Gasteiger partial charge in [-0.05, 0) is 43.0 Å². The minimum atomic E-state index is -3.05.